The molecule has 2 amide bonds. The van der Waals surface area contributed by atoms with Crippen molar-refractivity contribution in [2.45, 2.75) is 64.8 Å². The molecule has 0 aromatic heterocycles. The Hall–Kier alpha value is -1.55. The highest BCUT2D eigenvalue weighted by Gasteiger charge is 2.18. The van der Waals surface area contributed by atoms with E-state index in [1.807, 2.05) is 19.1 Å². The fourth-order valence-electron chi connectivity index (χ4n) is 3.31. The number of rotatable bonds is 5. The summed E-state index contributed by atoms with van der Waals surface area (Å²) in [5, 5.41) is 3.77. The first-order valence-corrected chi connectivity index (χ1v) is 9.19. The highest BCUT2D eigenvalue weighted by Crippen LogP contribution is 2.24. The lowest BCUT2D eigenvalue weighted by atomic mass is 10.1. The van der Waals surface area contributed by atoms with E-state index >= 15 is 0 Å². The van der Waals surface area contributed by atoms with Gasteiger partial charge in [-0.3, -0.25) is 9.59 Å². The zero-order chi connectivity index (χ0) is 17.5. The van der Waals surface area contributed by atoms with E-state index in [-0.39, 0.29) is 11.8 Å². The van der Waals surface area contributed by atoms with Crippen molar-refractivity contribution in [1.82, 2.24) is 5.32 Å². The fourth-order valence-corrected chi connectivity index (χ4v) is 3.53. The van der Waals surface area contributed by atoms with Gasteiger partial charge in [0.25, 0.3) is 0 Å². The molecule has 1 aromatic rings. The number of hydrogen-bond donors (Lipinski definition) is 1. The highest BCUT2D eigenvalue weighted by molar-refractivity contribution is 6.30. The summed E-state index contributed by atoms with van der Waals surface area (Å²) in [6.45, 7) is 3.83. The minimum absolute atomic E-state index is 0.0276. The number of benzene rings is 1. The van der Waals surface area contributed by atoms with E-state index in [1.54, 1.807) is 11.0 Å². The van der Waals surface area contributed by atoms with Crippen LogP contribution in [0.2, 0.25) is 5.02 Å². The Balaban J connectivity index is 1.93. The molecule has 1 saturated carbocycles. The minimum atomic E-state index is -0.0670. The molecule has 0 aliphatic heterocycles. The van der Waals surface area contributed by atoms with Crippen molar-refractivity contribution >= 4 is 29.1 Å². The van der Waals surface area contributed by atoms with Gasteiger partial charge in [0.15, 0.2) is 0 Å². The van der Waals surface area contributed by atoms with Crippen molar-refractivity contribution in [2.24, 2.45) is 0 Å². The molecule has 0 spiro atoms. The molecule has 0 saturated heterocycles. The van der Waals surface area contributed by atoms with Crippen molar-refractivity contribution in [3.63, 3.8) is 0 Å². The first-order chi connectivity index (χ1) is 11.5. The van der Waals surface area contributed by atoms with Crippen LogP contribution in [0, 0.1) is 6.92 Å². The van der Waals surface area contributed by atoms with Crippen LogP contribution in [0.3, 0.4) is 0 Å². The van der Waals surface area contributed by atoms with Gasteiger partial charge in [0.2, 0.25) is 11.8 Å². The second-order valence-corrected chi connectivity index (χ2v) is 7.04. The van der Waals surface area contributed by atoms with E-state index < -0.39 is 0 Å². The largest absolute Gasteiger partial charge is 0.353 e. The average Bonchev–Trinajstić information content (AvgIpc) is 2.77. The Labute approximate surface area is 149 Å². The Bertz CT molecular complexity index is 581. The number of amides is 2. The van der Waals surface area contributed by atoms with Gasteiger partial charge in [0.05, 0.1) is 0 Å². The van der Waals surface area contributed by atoms with Crippen molar-refractivity contribution in [3.05, 3.63) is 28.8 Å². The molecular formula is C19H27ClN2O2. The predicted molar refractivity (Wildman–Crippen MR) is 98.5 cm³/mol. The summed E-state index contributed by atoms with van der Waals surface area (Å²) in [5.74, 6) is -0.0394. The van der Waals surface area contributed by atoms with E-state index in [2.05, 4.69) is 5.32 Å². The van der Waals surface area contributed by atoms with E-state index in [9.17, 15) is 9.59 Å². The van der Waals surface area contributed by atoms with Crippen LogP contribution in [0.4, 0.5) is 5.69 Å². The van der Waals surface area contributed by atoms with Crippen molar-refractivity contribution in [2.75, 3.05) is 11.4 Å². The molecule has 0 radical (unpaired) electrons. The lowest BCUT2D eigenvalue weighted by molar-refractivity contribution is -0.121. The van der Waals surface area contributed by atoms with Gasteiger partial charge in [-0.15, -0.1) is 0 Å². The molecule has 0 atom stereocenters. The summed E-state index contributed by atoms with van der Waals surface area (Å²) in [7, 11) is 0. The summed E-state index contributed by atoms with van der Waals surface area (Å²) in [6, 6.07) is 5.73. The highest BCUT2D eigenvalue weighted by atomic mass is 35.5. The van der Waals surface area contributed by atoms with Crippen LogP contribution in [0.15, 0.2) is 18.2 Å². The lowest BCUT2D eigenvalue weighted by Gasteiger charge is -2.24. The van der Waals surface area contributed by atoms with Crippen molar-refractivity contribution in [1.29, 1.82) is 0 Å². The minimum Gasteiger partial charge on any atom is -0.353 e. The number of aryl methyl sites for hydroxylation is 1. The van der Waals surface area contributed by atoms with E-state index in [0.29, 0.717) is 24.0 Å². The Morgan fingerprint density at radius 2 is 1.88 bits per heavy atom. The molecule has 0 unspecified atom stereocenters. The second-order valence-electron chi connectivity index (χ2n) is 6.61. The van der Waals surface area contributed by atoms with Gasteiger partial charge >= 0.3 is 0 Å². The first kappa shape index (κ1) is 18.8. The van der Waals surface area contributed by atoms with Crippen molar-refractivity contribution < 1.29 is 9.59 Å². The van der Waals surface area contributed by atoms with Gasteiger partial charge in [0, 0.05) is 36.6 Å². The Kier molecular flexibility index (Phi) is 7.10. The molecule has 2 rings (SSSR count). The third-order valence-electron chi connectivity index (χ3n) is 4.61. The molecule has 0 bridgehead atoms. The van der Waals surface area contributed by atoms with Gasteiger partial charge in [-0.1, -0.05) is 37.3 Å². The lowest BCUT2D eigenvalue weighted by Crippen LogP contribution is -2.38. The molecule has 1 aliphatic rings. The van der Waals surface area contributed by atoms with Crippen LogP contribution in [0.25, 0.3) is 0 Å². The Morgan fingerprint density at radius 1 is 1.21 bits per heavy atom. The summed E-state index contributed by atoms with van der Waals surface area (Å²) >= 11 is 5.98. The quantitative estimate of drug-likeness (QED) is 0.808. The second kappa shape index (κ2) is 9.07. The third kappa shape index (κ3) is 5.52. The fraction of sp³-hybridized carbons (Fsp3) is 0.579. The molecule has 1 aliphatic carbocycles. The van der Waals surface area contributed by atoms with Gasteiger partial charge in [0.1, 0.15) is 0 Å². The summed E-state index contributed by atoms with van der Waals surface area (Å²) in [5.41, 5.74) is 1.75. The van der Waals surface area contributed by atoms with E-state index in [1.165, 1.54) is 32.6 Å². The molecule has 1 aromatic carbocycles. The first-order valence-electron chi connectivity index (χ1n) is 8.81. The van der Waals surface area contributed by atoms with Crippen LogP contribution in [0.5, 0.6) is 0 Å². The van der Waals surface area contributed by atoms with Gasteiger partial charge in [-0.25, -0.2) is 0 Å². The molecule has 132 valence electrons. The number of nitrogens with zero attached hydrogens (tertiary/aromatic N) is 1. The average molecular weight is 351 g/mol. The van der Waals surface area contributed by atoms with Gasteiger partial charge in [-0.05, 0) is 43.5 Å². The predicted octanol–water partition coefficient (Wildman–Crippen LogP) is 4.23. The number of halogens is 1. The molecule has 0 heterocycles. The maximum Gasteiger partial charge on any atom is 0.223 e. The normalized spacial score (nSPS) is 15.6. The molecule has 24 heavy (non-hydrogen) atoms. The topological polar surface area (TPSA) is 49.4 Å². The Morgan fingerprint density at radius 3 is 2.46 bits per heavy atom. The number of anilines is 1. The zero-order valence-electron chi connectivity index (χ0n) is 14.6. The maximum atomic E-state index is 12.3. The third-order valence-corrected chi connectivity index (χ3v) is 4.85. The van der Waals surface area contributed by atoms with Gasteiger partial charge in [-0.2, -0.15) is 0 Å². The smallest absolute Gasteiger partial charge is 0.223 e. The van der Waals surface area contributed by atoms with E-state index in [4.69, 9.17) is 11.6 Å². The molecule has 5 heteroatoms. The van der Waals surface area contributed by atoms with Crippen LogP contribution < -0.4 is 10.2 Å². The zero-order valence-corrected chi connectivity index (χ0v) is 15.4. The molecule has 1 N–H and O–H groups in total. The maximum absolute atomic E-state index is 12.3. The van der Waals surface area contributed by atoms with Crippen molar-refractivity contribution in [3.8, 4) is 0 Å². The van der Waals surface area contributed by atoms with Crippen LogP contribution >= 0.6 is 11.6 Å². The molecule has 4 nitrogen and oxygen atoms in total. The van der Waals surface area contributed by atoms with Gasteiger partial charge < -0.3 is 10.2 Å². The number of nitrogens with one attached hydrogen (secondary N) is 1. The summed E-state index contributed by atoms with van der Waals surface area (Å²) in [4.78, 5) is 25.9. The standard InChI is InChI=1S/C19H27ClN2O2/c1-14-13-16(20)9-10-18(14)22(15(2)23)12-11-19(24)21-17-7-5-3-4-6-8-17/h9-10,13,17H,3-8,11-12H2,1-2H3,(H,21,24). The van der Waals surface area contributed by atoms with Crippen LogP contribution in [-0.2, 0) is 9.59 Å². The monoisotopic (exact) mass is 350 g/mol. The number of hydrogen-bond acceptors (Lipinski definition) is 2. The summed E-state index contributed by atoms with van der Waals surface area (Å²) < 4.78 is 0. The number of carbonyl (C=O) groups excluding carboxylic acids is 2. The van der Waals surface area contributed by atoms with E-state index in [0.717, 1.165) is 24.1 Å². The summed E-state index contributed by atoms with van der Waals surface area (Å²) in [6.07, 6.45) is 7.36. The number of carbonyl (C=O) groups is 2. The van der Waals surface area contributed by atoms with Crippen LogP contribution in [-0.4, -0.2) is 24.4 Å². The van der Waals surface area contributed by atoms with Crippen LogP contribution in [0.1, 0.15) is 57.4 Å². The SMILES string of the molecule is CC(=O)N(CCC(=O)NC1CCCCCC1)c1ccc(Cl)cc1C. The molecular weight excluding hydrogens is 324 g/mol. The molecule has 1 fully saturated rings.